The molecule has 0 bridgehead atoms. The van der Waals surface area contributed by atoms with E-state index in [1.54, 1.807) is 30.3 Å². The van der Waals surface area contributed by atoms with E-state index in [9.17, 15) is 24.3 Å². The minimum atomic E-state index is -1.21. The van der Waals surface area contributed by atoms with E-state index < -0.39 is 36.0 Å². The highest BCUT2D eigenvalue weighted by molar-refractivity contribution is 5.98. The highest BCUT2D eigenvalue weighted by Crippen LogP contribution is 2.21. The minimum absolute atomic E-state index is 0.0577. The molecule has 0 spiro atoms. The van der Waals surface area contributed by atoms with Gasteiger partial charge in [0, 0.05) is 30.4 Å². The molecule has 0 fully saturated rings. The fraction of sp³-hybridized carbons (Fsp3) is 0.211. The third kappa shape index (κ3) is 9.32. The predicted molar refractivity (Wildman–Crippen MR) is 183 cm³/mol. The summed E-state index contributed by atoms with van der Waals surface area (Å²) in [6.07, 6.45) is 2.71. The number of benzene rings is 4. The molecule has 4 aromatic carbocycles. The zero-order valence-electron chi connectivity index (χ0n) is 26.4. The van der Waals surface area contributed by atoms with Gasteiger partial charge in [0.25, 0.3) is 5.91 Å². The lowest BCUT2D eigenvalue weighted by atomic mass is 10.0. The number of alkyl carbamates (subject to hydrolysis) is 1. The maximum atomic E-state index is 13.5. The van der Waals surface area contributed by atoms with E-state index in [1.807, 2.05) is 91.1 Å². The lowest BCUT2D eigenvalue weighted by molar-refractivity contribution is -0.142. The summed E-state index contributed by atoms with van der Waals surface area (Å²) in [4.78, 5) is 50.8. The number of unbranched alkanes of at least 4 members (excludes halogenated alkanes) is 1. The van der Waals surface area contributed by atoms with Gasteiger partial charge in [0.1, 0.15) is 18.7 Å². The molecule has 48 heavy (non-hydrogen) atoms. The number of carboxylic acid groups (broad SMARTS) is 1. The second-order valence-corrected chi connectivity index (χ2v) is 11.4. The van der Waals surface area contributed by atoms with E-state index in [2.05, 4.69) is 20.5 Å². The van der Waals surface area contributed by atoms with Crippen LogP contribution in [0.1, 0.15) is 40.7 Å². The van der Waals surface area contributed by atoms with Crippen LogP contribution in [0.15, 0.2) is 121 Å². The van der Waals surface area contributed by atoms with Gasteiger partial charge in [0.05, 0.1) is 5.52 Å². The van der Waals surface area contributed by atoms with Crippen molar-refractivity contribution in [2.45, 2.75) is 44.4 Å². The monoisotopic (exact) mass is 646 g/mol. The molecular formula is C38H38N4O6. The molecular weight excluding hydrogens is 608 g/mol. The van der Waals surface area contributed by atoms with Gasteiger partial charge in [-0.1, -0.05) is 78.9 Å². The predicted octanol–water partition coefficient (Wildman–Crippen LogP) is 5.64. The summed E-state index contributed by atoms with van der Waals surface area (Å²) in [6.45, 7) is 0.459. The molecule has 1 heterocycles. The molecule has 10 nitrogen and oxygen atoms in total. The summed E-state index contributed by atoms with van der Waals surface area (Å²) in [6, 6.07) is 33.2. The molecule has 5 aromatic rings. The number of amides is 3. The minimum Gasteiger partial charge on any atom is -0.480 e. The molecule has 0 aliphatic rings. The topological polar surface area (TPSA) is 139 Å². The fourth-order valence-corrected chi connectivity index (χ4v) is 5.35. The number of aliphatic carboxylic acids is 1. The summed E-state index contributed by atoms with van der Waals surface area (Å²) >= 11 is 0. The van der Waals surface area contributed by atoms with Crippen molar-refractivity contribution in [1.29, 1.82) is 0 Å². The first-order valence-corrected chi connectivity index (χ1v) is 15.9. The molecule has 4 N–H and O–H groups in total. The molecule has 10 heteroatoms. The average molecular weight is 647 g/mol. The number of nitrogens with zero attached hydrogens (tertiary/aromatic N) is 1. The van der Waals surface area contributed by atoms with Crippen molar-refractivity contribution in [1.82, 2.24) is 20.5 Å². The number of carbonyl (C=O) groups excluding carboxylic acids is 3. The van der Waals surface area contributed by atoms with Gasteiger partial charge in [-0.05, 0) is 72.2 Å². The number of aromatic nitrogens is 1. The van der Waals surface area contributed by atoms with E-state index in [0.29, 0.717) is 24.9 Å². The van der Waals surface area contributed by atoms with Gasteiger partial charge >= 0.3 is 12.1 Å². The molecule has 0 aliphatic carbocycles. The Balaban J connectivity index is 1.17. The summed E-state index contributed by atoms with van der Waals surface area (Å²) in [5.74, 6) is -2.23. The first-order valence-electron chi connectivity index (χ1n) is 15.9. The first-order chi connectivity index (χ1) is 23.4. The highest BCUT2D eigenvalue weighted by Gasteiger charge is 2.27. The lowest BCUT2D eigenvalue weighted by Gasteiger charge is -2.22. The smallest absolute Gasteiger partial charge is 0.407 e. The molecule has 0 aliphatic heterocycles. The number of hydrogen-bond acceptors (Lipinski definition) is 5. The van der Waals surface area contributed by atoms with Crippen LogP contribution in [-0.2, 0) is 27.4 Å². The lowest BCUT2D eigenvalue weighted by Crippen LogP contribution is -2.52. The van der Waals surface area contributed by atoms with E-state index >= 15 is 0 Å². The molecule has 0 radical (unpaired) electrons. The summed E-state index contributed by atoms with van der Waals surface area (Å²) in [5, 5.41) is 19.2. The van der Waals surface area contributed by atoms with Crippen LogP contribution in [0.25, 0.3) is 16.6 Å². The van der Waals surface area contributed by atoms with Crippen LogP contribution in [-0.4, -0.2) is 52.2 Å². The van der Waals surface area contributed by atoms with Gasteiger partial charge in [-0.2, -0.15) is 0 Å². The van der Waals surface area contributed by atoms with Crippen molar-refractivity contribution in [3.63, 3.8) is 0 Å². The zero-order chi connectivity index (χ0) is 33.7. The molecule has 0 unspecified atom stereocenters. The van der Waals surface area contributed by atoms with Crippen LogP contribution < -0.4 is 16.0 Å². The van der Waals surface area contributed by atoms with Gasteiger partial charge < -0.3 is 30.4 Å². The highest BCUT2D eigenvalue weighted by atomic mass is 16.5. The van der Waals surface area contributed by atoms with Gasteiger partial charge in [-0.25, -0.2) is 9.59 Å². The second-order valence-electron chi connectivity index (χ2n) is 11.4. The summed E-state index contributed by atoms with van der Waals surface area (Å²) < 4.78 is 7.28. The Morgan fingerprint density at radius 2 is 1.40 bits per heavy atom. The normalized spacial score (nSPS) is 12.1. The molecule has 246 valence electrons. The van der Waals surface area contributed by atoms with Gasteiger partial charge in [-0.15, -0.1) is 0 Å². The zero-order valence-corrected chi connectivity index (χ0v) is 26.4. The fourth-order valence-electron chi connectivity index (χ4n) is 5.35. The number of carboxylic acids is 1. The second kappa shape index (κ2) is 16.6. The van der Waals surface area contributed by atoms with Crippen LogP contribution in [0, 0.1) is 0 Å². The molecule has 1 aromatic heterocycles. The Hall–Kier alpha value is -5.90. The molecule has 0 saturated carbocycles. The maximum absolute atomic E-state index is 13.5. The average Bonchev–Trinajstić information content (AvgIpc) is 3.55. The van der Waals surface area contributed by atoms with E-state index in [-0.39, 0.29) is 19.4 Å². The number of rotatable bonds is 15. The van der Waals surface area contributed by atoms with Crippen LogP contribution in [0.5, 0.6) is 0 Å². The van der Waals surface area contributed by atoms with Crippen LogP contribution in [0.4, 0.5) is 4.79 Å². The maximum Gasteiger partial charge on any atom is 0.407 e. The standard InChI is InChI=1S/C38H38N4O6/c43-35(30-14-5-2-6-15-30)40-32(16-9-10-23-39-38(47)48-26-28-11-3-1-4-12-28)36(44)41-33(37(45)46)25-27-18-20-31(21-19-27)42-24-22-29-13-7-8-17-34(29)42/h1-8,11-15,17-22,24,32-33H,9-10,16,23,25-26H2,(H,39,47)(H,40,43)(H,41,44)(H,45,46)/t32-,33+/m1/s1. The van der Waals surface area contributed by atoms with Crippen molar-refractivity contribution in [3.05, 3.63) is 138 Å². The SMILES string of the molecule is O=C(NCCCC[C@@H](NC(=O)c1ccccc1)C(=O)N[C@@H](Cc1ccc(-n2ccc3ccccc32)cc1)C(=O)O)OCc1ccccc1. The number of carbonyl (C=O) groups is 4. The van der Waals surface area contributed by atoms with Crippen molar-refractivity contribution in [2.24, 2.45) is 0 Å². The Bertz CT molecular complexity index is 1820. The Kier molecular flexibility index (Phi) is 11.6. The van der Waals surface area contributed by atoms with Gasteiger partial charge in [-0.3, -0.25) is 9.59 Å². The number of para-hydroxylation sites is 1. The van der Waals surface area contributed by atoms with Crippen LogP contribution >= 0.6 is 0 Å². The largest absolute Gasteiger partial charge is 0.480 e. The number of hydrogen-bond donors (Lipinski definition) is 4. The summed E-state index contributed by atoms with van der Waals surface area (Å²) in [5.41, 5.74) is 3.97. The first kappa shape index (κ1) is 33.5. The van der Waals surface area contributed by atoms with Crippen molar-refractivity contribution < 1.29 is 29.0 Å². The van der Waals surface area contributed by atoms with Crippen LogP contribution in [0.3, 0.4) is 0 Å². The molecule has 5 rings (SSSR count). The Labute approximate surface area is 278 Å². The summed E-state index contributed by atoms with van der Waals surface area (Å²) in [7, 11) is 0. The number of ether oxygens (including phenoxy) is 1. The van der Waals surface area contributed by atoms with E-state index in [4.69, 9.17) is 4.74 Å². The van der Waals surface area contributed by atoms with Crippen LogP contribution in [0.2, 0.25) is 0 Å². The number of fused-ring (bicyclic) bond motifs is 1. The Morgan fingerprint density at radius 1 is 0.708 bits per heavy atom. The van der Waals surface area contributed by atoms with E-state index in [1.165, 1.54) is 0 Å². The van der Waals surface area contributed by atoms with Crippen molar-refractivity contribution >= 4 is 34.8 Å². The quantitative estimate of drug-likeness (QED) is 0.109. The number of nitrogens with one attached hydrogen (secondary N) is 3. The molecule has 3 amide bonds. The van der Waals surface area contributed by atoms with E-state index in [0.717, 1.165) is 27.7 Å². The van der Waals surface area contributed by atoms with Crippen molar-refractivity contribution in [3.8, 4) is 5.69 Å². The Morgan fingerprint density at radius 3 is 2.12 bits per heavy atom. The third-order valence-electron chi connectivity index (χ3n) is 7.93. The molecule has 2 atom stereocenters. The molecule has 0 saturated heterocycles. The van der Waals surface area contributed by atoms with Gasteiger partial charge in [0.2, 0.25) is 5.91 Å². The third-order valence-corrected chi connectivity index (χ3v) is 7.93. The van der Waals surface area contributed by atoms with Crippen molar-refractivity contribution in [2.75, 3.05) is 6.54 Å². The van der Waals surface area contributed by atoms with Gasteiger partial charge in [0.15, 0.2) is 0 Å².